The fourth-order valence-electron chi connectivity index (χ4n) is 6.78. The molecule has 1 saturated carbocycles. The summed E-state index contributed by atoms with van der Waals surface area (Å²) in [6.07, 6.45) is 6.09. The summed E-state index contributed by atoms with van der Waals surface area (Å²) in [5.74, 6) is 5.13. The van der Waals surface area contributed by atoms with Crippen LogP contribution in [0.1, 0.15) is 82.3 Å². The minimum Gasteiger partial charge on any atom is -0.366 e. The zero-order chi connectivity index (χ0) is 34.2. The van der Waals surface area contributed by atoms with Gasteiger partial charge in [-0.3, -0.25) is 19.2 Å². The van der Waals surface area contributed by atoms with Gasteiger partial charge < -0.3 is 15.2 Å². The van der Waals surface area contributed by atoms with Crippen molar-refractivity contribution < 1.29 is 19.2 Å². The third-order valence-electron chi connectivity index (χ3n) is 9.39. The van der Waals surface area contributed by atoms with Gasteiger partial charge in [0.2, 0.25) is 11.8 Å². The zero-order valence-electron chi connectivity index (χ0n) is 27.1. The molecule has 2 aromatic heterocycles. The van der Waals surface area contributed by atoms with E-state index in [1.54, 1.807) is 37.8 Å². The number of fused-ring (bicyclic) bond motifs is 1. The third kappa shape index (κ3) is 6.90. The van der Waals surface area contributed by atoms with E-state index in [4.69, 9.17) is 28.9 Å². The molecule has 2 aliphatic rings. The number of Topliss-reactive ketones (excluding diaryl/α,β-unsaturated/α-hetero) is 2. The number of hydrogen-bond acceptors (Lipinski definition) is 6. The molecule has 9 nitrogen and oxygen atoms in total. The fourth-order valence-corrected chi connectivity index (χ4v) is 7.19. The number of nitrogens with two attached hydrogens (primary N) is 1. The van der Waals surface area contributed by atoms with E-state index in [0.717, 1.165) is 30.3 Å². The smallest absolute Gasteiger partial charge is 0.250 e. The quantitative estimate of drug-likeness (QED) is 0.170. The number of nitrogens with zero attached hydrogens (tertiary/aromatic N) is 4. The zero-order valence-corrected chi connectivity index (χ0v) is 28.6. The van der Waals surface area contributed by atoms with Gasteiger partial charge in [-0.1, -0.05) is 48.9 Å². The molecule has 0 bridgehead atoms. The largest absolute Gasteiger partial charge is 0.366 e. The Morgan fingerprint density at radius 1 is 1.04 bits per heavy atom. The summed E-state index contributed by atoms with van der Waals surface area (Å²) >= 11 is 12.4. The van der Waals surface area contributed by atoms with Crippen molar-refractivity contribution in [3.8, 4) is 11.8 Å². The number of carbonyl (C=O) groups is 4. The molecule has 2 aliphatic carbocycles. The Balaban J connectivity index is 1.39. The third-order valence-corrected chi connectivity index (χ3v) is 10.0. The van der Waals surface area contributed by atoms with E-state index in [-0.39, 0.29) is 53.0 Å². The SMILES string of the molecule is CC1=C(C)C(=O)C(C(C)(C)CC(=O)N(CC#Cc2ccc(Cl)c(C(N)=O)c2)CC2CCC(n3ccc4c(Cl)ncnc43)C2)=C(C)C1=O. The summed E-state index contributed by atoms with van der Waals surface area (Å²) in [5.41, 5.74) is 7.67. The molecule has 0 saturated heterocycles. The van der Waals surface area contributed by atoms with Gasteiger partial charge in [0.05, 0.1) is 22.5 Å². The van der Waals surface area contributed by atoms with Crippen molar-refractivity contribution in [3.63, 3.8) is 0 Å². The molecule has 5 rings (SSSR count). The summed E-state index contributed by atoms with van der Waals surface area (Å²) in [6, 6.07) is 6.89. The number of aromatic nitrogens is 3. The van der Waals surface area contributed by atoms with E-state index in [2.05, 4.69) is 26.4 Å². The van der Waals surface area contributed by atoms with E-state index in [0.29, 0.717) is 39.6 Å². The first kappa shape index (κ1) is 34.1. The molecule has 47 heavy (non-hydrogen) atoms. The highest BCUT2D eigenvalue weighted by molar-refractivity contribution is 6.34. The number of allylic oxidation sites excluding steroid dienone is 4. The molecule has 2 heterocycles. The number of benzene rings is 1. The molecule has 0 spiro atoms. The summed E-state index contributed by atoms with van der Waals surface area (Å²) in [4.78, 5) is 62.5. The lowest BCUT2D eigenvalue weighted by Gasteiger charge is -2.33. The number of carbonyl (C=O) groups excluding carboxylic acids is 4. The Hall–Kier alpha value is -4.26. The van der Waals surface area contributed by atoms with Crippen LogP contribution in [0.3, 0.4) is 0 Å². The monoisotopic (exact) mass is 673 g/mol. The number of hydrogen-bond donors (Lipinski definition) is 1. The lowest BCUT2D eigenvalue weighted by molar-refractivity contribution is -0.133. The maximum absolute atomic E-state index is 14.1. The average Bonchev–Trinajstić information content (AvgIpc) is 3.66. The molecule has 2 atom stereocenters. The molecule has 0 radical (unpaired) electrons. The molecule has 0 aliphatic heterocycles. The number of primary amides is 1. The lowest BCUT2D eigenvalue weighted by Crippen LogP contribution is -2.40. The fraction of sp³-hybridized carbons (Fsp3) is 0.389. The van der Waals surface area contributed by atoms with E-state index >= 15 is 0 Å². The second kappa shape index (κ2) is 13.5. The van der Waals surface area contributed by atoms with Gasteiger partial charge in [-0.05, 0) is 70.2 Å². The standard InChI is InChI=1S/C36H37Cl2N5O4/c1-20-21(2)32(46)30(22(3)31(20)45)36(4,5)17-29(44)42(13-6-7-23-9-11-28(37)27(16-23)34(39)47)18-24-8-10-25(15-24)43-14-12-26-33(38)40-19-41-35(26)43/h9,11-12,14,16,19,24-25H,8,10,13,15,17-18H2,1-5H3,(H2,39,47). The van der Waals surface area contributed by atoms with Gasteiger partial charge in [-0.25, -0.2) is 9.97 Å². The highest BCUT2D eigenvalue weighted by atomic mass is 35.5. The summed E-state index contributed by atoms with van der Waals surface area (Å²) < 4.78 is 2.13. The van der Waals surface area contributed by atoms with E-state index < -0.39 is 11.3 Å². The Bertz CT molecular complexity index is 1940. The van der Waals surface area contributed by atoms with Crippen molar-refractivity contribution in [1.29, 1.82) is 0 Å². The second-order valence-corrected chi connectivity index (χ2v) is 13.8. The Labute approximate surface area is 284 Å². The second-order valence-electron chi connectivity index (χ2n) is 13.1. The highest BCUT2D eigenvalue weighted by Gasteiger charge is 2.39. The van der Waals surface area contributed by atoms with Crippen LogP contribution in [0.25, 0.3) is 11.0 Å². The van der Waals surface area contributed by atoms with Crippen molar-refractivity contribution >= 4 is 57.6 Å². The van der Waals surface area contributed by atoms with Crippen LogP contribution >= 0.6 is 23.2 Å². The predicted molar refractivity (Wildman–Crippen MR) is 182 cm³/mol. The Kier molecular flexibility index (Phi) is 9.76. The number of ketones is 2. The van der Waals surface area contributed by atoms with Crippen LogP contribution in [0, 0.1) is 23.2 Å². The lowest BCUT2D eigenvalue weighted by atomic mass is 9.71. The minimum atomic E-state index is -0.893. The Morgan fingerprint density at radius 3 is 2.49 bits per heavy atom. The molecular weight excluding hydrogens is 637 g/mol. The van der Waals surface area contributed by atoms with Gasteiger partial charge in [0, 0.05) is 58.5 Å². The van der Waals surface area contributed by atoms with Gasteiger partial charge in [0.15, 0.2) is 11.6 Å². The van der Waals surface area contributed by atoms with Crippen LogP contribution in [0.5, 0.6) is 0 Å². The van der Waals surface area contributed by atoms with Crippen molar-refractivity contribution in [2.24, 2.45) is 17.1 Å². The number of rotatable bonds is 8. The van der Waals surface area contributed by atoms with Crippen molar-refractivity contribution in [3.05, 3.63) is 80.4 Å². The van der Waals surface area contributed by atoms with Gasteiger partial charge in [-0.15, -0.1) is 0 Å². The molecule has 1 fully saturated rings. The first-order valence-electron chi connectivity index (χ1n) is 15.5. The molecule has 2 unspecified atom stereocenters. The van der Waals surface area contributed by atoms with Crippen LogP contribution in [-0.2, 0) is 14.4 Å². The summed E-state index contributed by atoms with van der Waals surface area (Å²) in [6.45, 7) is 9.24. The molecule has 2 amide bonds. The Morgan fingerprint density at radius 2 is 1.77 bits per heavy atom. The van der Waals surface area contributed by atoms with Gasteiger partial charge >= 0.3 is 0 Å². The van der Waals surface area contributed by atoms with Gasteiger partial charge in [0.25, 0.3) is 0 Å². The van der Waals surface area contributed by atoms with Crippen LogP contribution in [0.15, 0.2) is 59.1 Å². The van der Waals surface area contributed by atoms with Crippen LogP contribution < -0.4 is 5.73 Å². The summed E-state index contributed by atoms with van der Waals surface area (Å²) in [5, 5.41) is 1.45. The molecule has 2 N–H and O–H groups in total. The number of halogens is 2. The van der Waals surface area contributed by atoms with Gasteiger partial charge in [0.1, 0.15) is 17.1 Å². The molecule has 3 aromatic rings. The first-order valence-corrected chi connectivity index (χ1v) is 16.3. The van der Waals surface area contributed by atoms with Crippen molar-refractivity contribution in [1.82, 2.24) is 19.4 Å². The highest BCUT2D eigenvalue weighted by Crippen LogP contribution is 2.40. The van der Waals surface area contributed by atoms with E-state index in [1.807, 2.05) is 26.1 Å². The van der Waals surface area contributed by atoms with E-state index in [9.17, 15) is 19.2 Å². The number of amides is 2. The predicted octanol–water partition coefficient (Wildman–Crippen LogP) is 6.28. The minimum absolute atomic E-state index is 0.0211. The maximum Gasteiger partial charge on any atom is 0.250 e. The molecular formula is C36H37Cl2N5O4. The maximum atomic E-state index is 14.1. The topological polar surface area (TPSA) is 128 Å². The van der Waals surface area contributed by atoms with Crippen molar-refractivity contribution in [2.75, 3.05) is 13.1 Å². The molecule has 1 aromatic carbocycles. The van der Waals surface area contributed by atoms with Crippen LogP contribution in [0.2, 0.25) is 10.2 Å². The average molecular weight is 675 g/mol. The van der Waals surface area contributed by atoms with Crippen LogP contribution in [-0.4, -0.2) is 55.9 Å². The van der Waals surface area contributed by atoms with Crippen molar-refractivity contribution in [2.45, 2.75) is 66.3 Å². The van der Waals surface area contributed by atoms with Crippen LogP contribution in [0.4, 0.5) is 0 Å². The molecule has 244 valence electrons. The van der Waals surface area contributed by atoms with E-state index in [1.165, 1.54) is 12.4 Å². The van der Waals surface area contributed by atoms with Gasteiger partial charge in [-0.2, -0.15) is 0 Å². The first-order chi connectivity index (χ1) is 22.2. The summed E-state index contributed by atoms with van der Waals surface area (Å²) in [7, 11) is 0. The molecule has 11 heteroatoms. The normalized spacial score (nSPS) is 18.5.